The lowest BCUT2D eigenvalue weighted by Gasteiger charge is -2.38. The van der Waals surface area contributed by atoms with Gasteiger partial charge in [-0.1, -0.05) is 39.0 Å². The van der Waals surface area contributed by atoms with Gasteiger partial charge in [0, 0.05) is 17.0 Å². The van der Waals surface area contributed by atoms with E-state index >= 15 is 0 Å². The second-order valence-corrected chi connectivity index (χ2v) is 11.1. The highest BCUT2D eigenvalue weighted by atomic mass is 16.2. The Bertz CT molecular complexity index is 1170. The summed E-state index contributed by atoms with van der Waals surface area (Å²) in [6, 6.07) is 8.63. The maximum atomic E-state index is 13.2. The maximum Gasteiger partial charge on any atom is 0.256 e. The monoisotopic (exact) mass is 463 g/mol. The molecule has 2 aromatic rings. The summed E-state index contributed by atoms with van der Waals surface area (Å²) in [6.07, 6.45) is 5.00. The number of nitrogens with zero attached hydrogens (tertiary/aromatic N) is 3. The Kier molecular flexibility index (Phi) is 5.87. The van der Waals surface area contributed by atoms with Crippen LogP contribution in [0.5, 0.6) is 0 Å². The lowest BCUT2D eigenvalue weighted by atomic mass is 9.80. The summed E-state index contributed by atoms with van der Waals surface area (Å²) in [6.45, 7) is 12.3. The number of carbonyl (C=O) groups is 3. The third kappa shape index (κ3) is 4.49. The molecule has 3 amide bonds. The first-order valence-electron chi connectivity index (χ1n) is 11.7. The minimum atomic E-state index is -0.381. The molecule has 0 spiro atoms. The molecule has 4 rings (SSSR count). The van der Waals surface area contributed by atoms with Gasteiger partial charge >= 0.3 is 0 Å². The van der Waals surface area contributed by atoms with Gasteiger partial charge in [-0.25, -0.2) is 9.69 Å². The minimum Gasteiger partial charge on any atom is -0.307 e. The molecule has 180 valence electrons. The molecule has 1 saturated heterocycles. The Morgan fingerprint density at radius 3 is 2.35 bits per heavy atom. The molecule has 8 nitrogen and oxygen atoms in total. The van der Waals surface area contributed by atoms with Crippen molar-refractivity contribution in [3.05, 3.63) is 53.7 Å². The van der Waals surface area contributed by atoms with Crippen LogP contribution in [-0.4, -0.2) is 27.5 Å². The number of hydrogen-bond acceptors (Lipinski definition) is 4. The lowest BCUT2D eigenvalue weighted by Crippen LogP contribution is -2.59. The molecule has 2 N–H and O–H groups in total. The second-order valence-electron chi connectivity index (χ2n) is 11.1. The van der Waals surface area contributed by atoms with Crippen LogP contribution in [0.3, 0.4) is 0 Å². The standard InChI is InChI=1S/C26H33N5O3/c1-25(2,3)20-15-21(31(28-20)26(4,5)6)27-22(32)16-10-9-11-17(14-16)30-24(34)19-13-8-7-12-18(19)23(33)29-30/h7-11,14-15,18-19H,12-13H2,1-6H3,(H,27,32)(H,29,33). The first-order chi connectivity index (χ1) is 15.9. The fourth-order valence-electron chi connectivity index (χ4n) is 4.31. The number of fused-ring (bicyclic) bond motifs is 1. The molecule has 2 heterocycles. The first kappa shape index (κ1) is 23.7. The highest BCUT2D eigenvalue weighted by molar-refractivity contribution is 6.07. The molecule has 2 aliphatic rings. The van der Waals surface area contributed by atoms with E-state index in [2.05, 4.69) is 31.5 Å². The Morgan fingerprint density at radius 1 is 1.03 bits per heavy atom. The van der Waals surface area contributed by atoms with Crippen molar-refractivity contribution in [2.24, 2.45) is 11.8 Å². The number of amides is 3. The second kappa shape index (κ2) is 8.42. The molecule has 2 unspecified atom stereocenters. The van der Waals surface area contributed by atoms with Crippen LogP contribution in [0.15, 0.2) is 42.5 Å². The fourth-order valence-corrected chi connectivity index (χ4v) is 4.31. The quantitative estimate of drug-likeness (QED) is 0.669. The van der Waals surface area contributed by atoms with E-state index in [-0.39, 0.29) is 40.5 Å². The highest BCUT2D eigenvalue weighted by Gasteiger charge is 2.42. The van der Waals surface area contributed by atoms with Gasteiger partial charge in [-0.05, 0) is 51.8 Å². The van der Waals surface area contributed by atoms with Crippen molar-refractivity contribution < 1.29 is 14.4 Å². The molecule has 1 aliphatic heterocycles. The van der Waals surface area contributed by atoms with E-state index in [1.807, 2.05) is 43.7 Å². The van der Waals surface area contributed by atoms with Crippen molar-refractivity contribution >= 4 is 29.2 Å². The number of nitrogens with one attached hydrogen (secondary N) is 2. The zero-order valence-corrected chi connectivity index (χ0v) is 20.7. The molecule has 0 bridgehead atoms. The van der Waals surface area contributed by atoms with Crippen LogP contribution in [0.2, 0.25) is 0 Å². The molecule has 1 aliphatic carbocycles. The fraction of sp³-hybridized carbons (Fsp3) is 0.462. The van der Waals surface area contributed by atoms with Gasteiger partial charge in [0.05, 0.1) is 28.8 Å². The summed E-state index contributed by atoms with van der Waals surface area (Å²) >= 11 is 0. The molecule has 1 fully saturated rings. The van der Waals surface area contributed by atoms with E-state index in [4.69, 9.17) is 5.10 Å². The van der Waals surface area contributed by atoms with E-state index < -0.39 is 0 Å². The molecular formula is C26H33N5O3. The largest absolute Gasteiger partial charge is 0.307 e. The van der Waals surface area contributed by atoms with E-state index in [0.29, 0.717) is 29.9 Å². The number of benzene rings is 1. The number of anilines is 2. The predicted octanol–water partition coefficient (Wildman–Crippen LogP) is 4.15. The van der Waals surface area contributed by atoms with E-state index in [1.165, 1.54) is 5.01 Å². The number of aromatic nitrogens is 2. The molecule has 34 heavy (non-hydrogen) atoms. The normalized spacial score (nSPS) is 20.7. The summed E-state index contributed by atoms with van der Waals surface area (Å²) in [4.78, 5) is 38.9. The van der Waals surface area contributed by atoms with Crippen LogP contribution in [0.1, 0.15) is 70.4 Å². The van der Waals surface area contributed by atoms with Gasteiger partial charge in [0.2, 0.25) is 11.8 Å². The number of allylic oxidation sites excluding steroid dienone is 2. The van der Waals surface area contributed by atoms with Gasteiger partial charge in [0.25, 0.3) is 5.91 Å². The van der Waals surface area contributed by atoms with Crippen molar-refractivity contribution in [1.29, 1.82) is 0 Å². The van der Waals surface area contributed by atoms with Gasteiger partial charge in [0.15, 0.2) is 0 Å². The zero-order chi connectivity index (χ0) is 24.8. The molecule has 2 atom stereocenters. The Hall–Kier alpha value is -3.42. The highest BCUT2D eigenvalue weighted by Crippen LogP contribution is 2.33. The van der Waals surface area contributed by atoms with Crippen LogP contribution in [0.4, 0.5) is 11.5 Å². The van der Waals surface area contributed by atoms with Crippen molar-refractivity contribution in [3.8, 4) is 0 Å². The predicted molar refractivity (Wildman–Crippen MR) is 131 cm³/mol. The number of hydrazine groups is 1. The topological polar surface area (TPSA) is 96.3 Å². The smallest absolute Gasteiger partial charge is 0.256 e. The summed E-state index contributed by atoms with van der Waals surface area (Å²) in [5.74, 6) is -0.767. The van der Waals surface area contributed by atoms with Crippen LogP contribution in [0.25, 0.3) is 0 Å². The maximum absolute atomic E-state index is 13.2. The number of hydrogen-bond donors (Lipinski definition) is 2. The summed E-state index contributed by atoms with van der Waals surface area (Å²) in [5.41, 5.74) is 3.92. The minimum absolute atomic E-state index is 0.160. The zero-order valence-electron chi connectivity index (χ0n) is 20.7. The van der Waals surface area contributed by atoms with Gasteiger partial charge in [-0.15, -0.1) is 0 Å². The SMILES string of the molecule is CC(C)(C)c1cc(NC(=O)c2cccc(N3NC(=O)C4CC=CCC4C3=O)c2)n(C(C)(C)C)n1. The van der Waals surface area contributed by atoms with Crippen LogP contribution < -0.4 is 15.8 Å². The van der Waals surface area contributed by atoms with Crippen LogP contribution in [0, 0.1) is 11.8 Å². The summed E-state index contributed by atoms with van der Waals surface area (Å²) in [7, 11) is 0. The molecular weight excluding hydrogens is 430 g/mol. The molecule has 1 aromatic carbocycles. The van der Waals surface area contributed by atoms with E-state index in [0.717, 1.165) is 5.69 Å². The summed E-state index contributed by atoms with van der Waals surface area (Å²) in [5, 5.41) is 9.00. The number of rotatable bonds is 3. The Morgan fingerprint density at radius 2 is 1.71 bits per heavy atom. The van der Waals surface area contributed by atoms with Crippen LogP contribution in [-0.2, 0) is 20.5 Å². The molecule has 1 aromatic heterocycles. The van der Waals surface area contributed by atoms with E-state index in [1.54, 1.807) is 24.3 Å². The Balaban J connectivity index is 1.60. The van der Waals surface area contributed by atoms with Gasteiger partial charge in [0.1, 0.15) is 5.82 Å². The van der Waals surface area contributed by atoms with Crippen molar-refractivity contribution in [1.82, 2.24) is 15.2 Å². The van der Waals surface area contributed by atoms with Gasteiger partial charge in [-0.2, -0.15) is 5.10 Å². The summed E-state index contributed by atoms with van der Waals surface area (Å²) < 4.78 is 1.82. The van der Waals surface area contributed by atoms with Gasteiger partial charge in [-0.3, -0.25) is 19.8 Å². The first-order valence-corrected chi connectivity index (χ1v) is 11.7. The van der Waals surface area contributed by atoms with Crippen molar-refractivity contribution in [3.63, 3.8) is 0 Å². The third-order valence-corrected chi connectivity index (χ3v) is 6.25. The van der Waals surface area contributed by atoms with E-state index in [9.17, 15) is 14.4 Å². The molecule has 0 saturated carbocycles. The van der Waals surface area contributed by atoms with Crippen LogP contribution >= 0.6 is 0 Å². The van der Waals surface area contributed by atoms with Gasteiger partial charge < -0.3 is 5.32 Å². The van der Waals surface area contributed by atoms with Crippen molar-refractivity contribution in [2.75, 3.05) is 10.3 Å². The van der Waals surface area contributed by atoms with Crippen molar-refractivity contribution in [2.45, 2.75) is 65.3 Å². The third-order valence-electron chi connectivity index (χ3n) is 6.25. The average molecular weight is 464 g/mol. The molecule has 0 radical (unpaired) electrons. The average Bonchev–Trinajstić information content (AvgIpc) is 3.21. The lowest BCUT2D eigenvalue weighted by molar-refractivity contribution is -0.139. The number of carbonyl (C=O) groups excluding carboxylic acids is 3. The molecule has 8 heteroatoms. The Labute approximate surface area is 200 Å².